The van der Waals surface area contributed by atoms with Gasteiger partial charge in [-0.25, -0.2) is 0 Å². The highest BCUT2D eigenvalue weighted by atomic mass is 35.5. The van der Waals surface area contributed by atoms with E-state index in [4.69, 9.17) is 0 Å². The maximum absolute atomic E-state index is 10.6. The monoisotopic (exact) mass is 255 g/mol. The third kappa shape index (κ3) is 3.01. The zero-order valence-electron chi connectivity index (χ0n) is 9.47. The van der Waals surface area contributed by atoms with Crippen LogP contribution in [0.2, 0.25) is 0 Å². The van der Waals surface area contributed by atoms with Crippen LogP contribution < -0.4 is 5.32 Å². The minimum atomic E-state index is -0.465. The number of aromatic nitrogens is 1. The topological polar surface area (TPSA) is 68.1 Å². The summed E-state index contributed by atoms with van der Waals surface area (Å²) in [5, 5.41) is 13.8. The van der Waals surface area contributed by atoms with Crippen molar-refractivity contribution >= 4 is 23.8 Å². The van der Waals surface area contributed by atoms with Crippen molar-refractivity contribution in [3.8, 4) is 0 Å². The number of nitro groups is 1. The molecule has 0 radical (unpaired) electrons. The Bertz CT molecular complexity index is 460. The van der Waals surface area contributed by atoms with E-state index in [2.05, 4.69) is 16.4 Å². The van der Waals surface area contributed by atoms with Crippen molar-refractivity contribution < 1.29 is 4.92 Å². The lowest BCUT2D eigenvalue weighted by molar-refractivity contribution is -0.389. The fourth-order valence-corrected chi connectivity index (χ4v) is 1.86. The molecule has 5 nitrogen and oxygen atoms in total. The summed E-state index contributed by atoms with van der Waals surface area (Å²) < 4.78 is 0. The van der Waals surface area contributed by atoms with Crippen LogP contribution in [-0.4, -0.2) is 23.0 Å². The molecule has 2 heterocycles. The highest BCUT2D eigenvalue weighted by molar-refractivity contribution is 5.85. The maximum Gasteiger partial charge on any atom is 0.363 e. The first kappa shape index (κ1) is 13.6. The molecule has 92 valence electrons. The van der Waals surface area contributed by atoms with Gasteiger partial charge in [0.25, 0.3) is 0 Å². The third-order valence-corrected chi connectivity index (χ3v) is 2.67. The van der Waals surface area contributed by atoms with Gasteiger partial charge in [-0.05, 0) is 34.5 Å². The number of nitrogens with one attached hydrogen (secondary N) is 1. The lowest BCUT2D eigenvalue weighted by Crippen LogP contribution is -2.20. The largest absolute Gasteiger partial charge is 0.363 e. The quantitative estimate of drug-likeness (QED) is 0.649. The summed E-state index contributed by atoms with van der Waals surface area (Å²) in [5.41, 5.74) is 2.97. The van der Waals surface area contributed by atoms with Gasteiger partial charge in [-0.1, -0.05) is 6.08 Å². The van der Waals surface area contributed by atoms with E-state index in [0.717, 1.165) is 30.8 Å². The van der Waals surface area contributed by atoms with Gasteiger partial charge in [0.1, 0.15) is 0 Å². The van der Waals surface area contributed by atoms with Crippen molar-refractivity contribution in [1.82, 2.24) is 10.3 Å². The maximum atomic E-state index is 10.6. The van der Waals surface area contributed by atoms with Crippen LogP contribution in [0.5, 0.6) is 0 Å². The molecule has 6 heteroatoms. The van der Waals surface area contributed by atoms with Crippen molar-refractivity contribution in [2.75, 3.05) is 13.1 Å². The molecule has 1 aliphatic heterocycles. The summed E-state index contributed by atoms with van der Waals surface area (Å²) in [6.07, 6.45) is 3.06. The first-order valence-corrected chi connectivity index (χ1v) is 5.20. The van der Waals surface area contributed by atoms with Crippen LogP contribution in [0.25, 0.3) is 5.57 Å². The lowest BCUT2D eigenvalue weighted by Gasteiger charge is -2.14. The molecule has 1 aromatic heterocycles. The van der Waals surface area contributed by atoms with Crippen LogP contribution in [0, 0.1) is 17.0 Å². The minimum Gasteiger partial charge on any atom is -0.358 e. The highest BCUT2D eigenvalue weighted by Gasteiger charge is 2.15. The van der Waals surface area contributed by atoms with Crippen LogP contribution in [0.4, 0.5) is 5.82 Å². The number of aryl methyl sites for hydroxylation is 1. The molecule has 0 saturated heterocycles. The molecule has 0 aromatic carbocycles. The number of pyridine rings is 1. The first-order chi connectivity index (χ1) is 7.68. The van der Waals surface area contributed by atoms with Crippen molar-refractivity contribution in [1.29, 1.82) is 0 Å². The van der Waals surface area contributed by atoms with Gasteiger partial charge >= 0.3 is 5.82 Å². The van der Waals surface area contributed by atoms with Gasteiger partial charge in [-0.2, -0.15) is 0 Å². The molecule has 1 aromatic rings. The Morgan fingerprint density at radius 1 is 1.47 bits per heavy atom. The van der Waals surface area contributed by atoms with Crippen LogP contribution >= 0.6 is 12.4 Å². The molecule has 0 fully saturated rings. The van der Waals surface area contributed by atoms with Gasteiger partial charge in [0, 0.05) is 25.1 Å². The molecule has 0 unspecified atom stereocenters. The first-order valence-electron chi connectivity index (χ1n) is 5.20. The normalized spacial score (nSPS) is 14.8. The molecule has 17 heavy (non-hydrogen) atoms. The summed E-state index contributed by atoms with van der Waals surface area (Å²) in [5.74, 6) is -0.0872. The minimum absolute atomic E-state index is 0. The number of halogens is 1. The van der Waals surface area contributed by atoms with Crippen LogP contribution in [0.3, 0.4) is 0 Å². The predicted octanol–water partition coefficient (Wildman–Crippen LogP) is 2.10. The van der Waals surface area contributed by atoms with Gasteiger partial charge in [0.15, 0.2) is 5.69 Å². The van der Waals surface area contributed by atoms with Crippen LogP contribution in [-0.2, 0) is 0 Å². The molecule has 0 saturated carbocycles. The Balaban J connectivity index is 0.00000144. The van der Waals surface area contributed by atoms with E-state index in [1.807, 2.05) is 6.92 Å². The summed E-state index contributed by atoms with van der Waals surface area (Å²) >= 11 is 0. The standard InChI is InChI=1S/C11H13N3O2.ClH/c1-8-10(9-4-6-12-7-5-9)2-3-11(13-8)14(15)16;/h2-4,12H,5-7H2,1H3;1H. The van der Waals surface area contributed by atoms with E-state index in [1.165, 1.54) is 11.6 Å². The molecule has 1 N–H and O–H groups in total. The Morgan fingerprint density at radius 2 is 2.24 bits per heavy atom. The zero-order valence-corrected chi connectivity index (χ0v) is 10.3. The van der Waals surface area contributed by atoms with Crippen LogP contribution in [0.1, 0.15) is 17.7 Å². The van der Waals surface area contributed by atoms with E-state index < -0.39 is 4.92 Å². The van der Waals surface area contributed by atoms with Crippen molar-refractivity contribution in [3.63, 3.8) is 0 Å². The Labute approximate surface area is 106 Å². The molecule has 0 atom stereocenters. The average molecular weight is 256 g/mol. The molecule has 0 amide bonds. The fraction of sp³-hybridized carbons (Fsp3) is 0.364. The summed E-state index contributed by atoms with van der Waals surface area (Å²) in [7, 11) is 0. The molecule has 0 aliphatic carbocycles. The van der Waals surface area contributed by atoms with Crippen molar-refractivity contribution in [3.05, 3.63) is 39.6 Å². The van der Waals surface area contributed by atoms with Gasteiger partial charge in [-0.15, -0.1) is 12.4 Å². The van der Waals surface area contributed by atoms with Gasteiger partial charge in [0.05, 0.1) is 0 Å². The SMILES string of the molecule is Cc1nc([N+](=O)[O-])ccc1C1=CCNCC1.Cl. The number of rotatable bonds is 2. The van der Waals surface area contributed by atoms with E-state index in [1.54, 1.807) is 6.07 Å². The highest BCUT2D eigenvalue weighted by Crippen LogP contribution is 2.23. The van der Waals surface area contributed by atoms with E-state index in [0.29, 0.717) is 0 Å². The second-order valence-corrected chi connectivity index (χ2v) is 3.74. The molecule has 0 bridgehead atoms. The summed E-state index contributed by atoms with van der Waals surface area (Å²) in [6, 6.07) is 3.25. The molecule has 0 spiro atoms. The van der Waals surface area contributed by atoms with Gasteiger partial charge < -0.3 is 15.4 Å². The predicted molar refractivity (Wildman–Crippen MR) is 68.3 cm³/mol. The van der Waals surface area contributed by atoms with Gasteiger partial charge in [-0.3, -0.25) is 0 Å². The Morgan fingerprint density at radius 3 is 2.76 bits per heavy atom. The second-order valence-electron chi connectivity index (χ2n) is 3.74. The Hall–Kier alpha value is -1.46. The van der Waals surface area contributed by atoms with E-state index in [-0.39, 0.29) is 18.2 Å². The van der Waals surface area contributed by atoms with Gasteiger partial charge in [0.2, 0.25) is 0 Å². The average Bonchev–Trinajstić information content (AvgIpc) is 2.30. The van der Waals surface area contributed by atoms with Crippen molar-refractivity contribution in [2.24, 2.45) is 0 Å². The van der Waals surface area contributed by atoms with Crippen LogP contribution in [0.15, 0.2) is 18.2 Å². The van der Waals surface area contributed by atoms with E-state index in [9.17, 15) is 10.1 Å². The Kier molecular flexibility index (Phi) is 4.60. The van der Waals surface area contributed by atoms with E-state index >= 15 is 0 Å². The summed E-state index contributed by atoms with van der Waals surface area (Å²) in [4.78, 5) is 14.1. The molecule has 1 aliphatic rings. The molecule has 2 rings (SSSR count). The zero-order chi connectivity index (χ0) is 11.5. The van der Waals surface area contributed by atoms with Crippen molar-refractivity contribution in [2.45, 2.75) is 13.3 Å². The summed E-state index contributed by atoms with van der Waals surface area (Å²) in [6.45, 7) is 3.61. The number of hydrogen-bond acceptors (Lipinski definition) is 4. The smallest absolute Gasteiger partial charge is 0.358 e. The third-order valence-electron chi connectivity index (χ3n) is 2.67. The number of hydrogen-bond donors (Lipinski definition) is 1. The second kappa shape index (κ2) is 5.75. The fourth-order valence-electron chi connectivity index (χ4n) is 1.86. The lowest BCUT2D eigenvalue weighted by atomic mass is 9.99. The molecular formula is C11H14ClN3O2. The number of nitrogens with zero attached hydrogens (tertiary/aromatic N) is 2. The molecular weight excluding hydrogens is 242 g/mol.